The smallest absolute Gasteiger partial charge is 0.275 e. The first kappa shape index (κ1) is 20.9. The second-order valence-corrected chi connectivity index (χ2v) is 8.23. The van der Waals surface area contributed by atoms with Crippen LogP contribution in [0.4, 0.5) is 10.1 Å². The molecule has 1 heterocycles. The topological polar surface area (TPSA) is 97.3 Å². The maximum Gasteiger partial charge on any atom is 0.275 e. The van der Waals surface area contributed by atoms with Crippen molar-refractivity contribution in [1.82, 2.24) is 9.88 Å². The van der Waals surface area contributed by atoms with E-state index < -0.39 is 27.3 Å². The first-order valence-electron chi connectivity index (χ1n) is 8.04. The Morgan fingerprint density at radius 1 is 1.26 bits per heavy atom. The van der Waals surface area contributed by atoms with Gasteiger partial charge in [-0.25, -0.2) is 12.8 Å². The van der Waals surface area contributed by atoms with Gasteiger partial charge in [0, 0.05) is 12.2 Å². The van der Waals surface area contributed by atoms with Gasteiger partial charge in [-0.3, -0.25) is 14.3 Å². The molecule has 0 radical (unpaired) electrons. The molecule has 0 bridgehead atoms. The van der Waals surface area contributed by atoms with E-state index in [-0.39, 0.29) is 29.6 Å². The monoisotopic (exact) mass is 415 g/mol. The predicted octanol–water partition coefficient (Wildman–Crippen LogP) is 2.03. The van der Waals surface area contributed by atoms with Crippen molar-refractivity contribution in [3.8, 4) is 0 Å². The Kier molecular flexibility index (Phi) is 6.61. The fourth-order valence-corrected chi connectivity index (χ4v) is 3.07. The minimum absolute atomic E-state index is 0.0512. The van der Waals surface area contributed by atoms with E-state index in [2.05, 4.69) is 10.0 Å². The van der Waals surface area contributed by atoms with E-state index in [0.29, 0.717) is 11.3 Å². The second-order valence-electron chi connectivity index (χ2n) is 5.81. The van der Waals surface area contributed by atoms with Crippen molar-refractivity contribution >= 4 is 33.2 Å². The van der Waals surface area contributed by atoms with Crippen molar-refractivity contribution in [2.45, 2.75) is 26.9 Å². The minimum Gasteiger partial charge on any atom is -0.350 e. The van der Waals surface area contributed by atoms with Gasteiger partial charge in [-0.2, -0.15) is 0 Å². The molecule has 2 aromatic rings. The highest BCUT2D eigenvalue weighted by atomic mass is 35.5. The quantitative estimate of drug-likeness (QED) is 0.723. The number of nitrogens with zero attached hydrogens (tertiary/aromatic N) is 1. The van der Waals surface area contributed by atoms with Crippen LogP contribution in [0.25, 0.3) is 0 Å². The number of nitrogens with one attached hydrogen (secondary N) is 2. The fraction of sp³-hybridized carbons (Fsp3) is 0.294. The van der Waals surface area contributed by atoms with Gasteiger partial charge in [-0.1, -0.05) is 17.7 Å². The molecular weight excluding hydrogens is 397 g/mol. The summed E-state index contributed by atoms with van der Waals surface area (Å²) in [5.74, 6) is -1.20. The molecule has 1 aromatic carbocycles. The van der Waals surface area contributed by atoms with Gasteiger partial charge in [-0.15, -0.1) is 0 Å². The summed E-state index contributed by atoms with van der Waals surface area (Å²) < 4.78 is 39.9. The Labute approximate surface area is 161 Å². The van der Waals surface area contributed by atoms with Gasteiger partial charge in [0.2, 0.25) is 15.9 Å². The summed E-state index contributed by atoms with van der Waals surface area (Å²) in [6, 6.07) is 6.98. The number of carbonyl (C=O) groups is 1. The minimum atomic E-state index is -3.61. The largest absolute Gasteiger partial charge is 0.350 e. The number of rotatable bonds is 7. The van der Waals surface area contributed by atoms with Crippen molar-refractivity contribution in [1.29, 1.82) is 0 Å². The third kappa shape index (κ3) is 5.54. The van der Waals surface area contributed by atoms with Gasteiger partial charge in [0.05, 0.1) is 10.8 Å². The van der Waals surface area contributed by atoms with Crippen LogP contribution < -0.4 is 15.6 Å². The van der Waals surface area contributed by atoms with Crippen molar-refractivity contribution in [2.75, 3.05) is 10.5 Å². The SMILES string of the molecule is CCS(=O)(=O)Nc1ccc(C)n(CC(=O)NCc2ccc(F)c(Cl)c2)c1=O. The number of amides is 1. The van der Waals surface area contributed by atoms with Crippen LogP contribution in [0, 0.1) is 12.7 Å². The summed E-state index contributed by atoms with van der Waals surface area (Å²) >= 11 is 5.69. The lowest BCUT2D eigenvalue weighted by atomic mass is 10.2. The average Bonchev–Trinajstić information content (AvgIpc) is 2.62. The number of sulfonamides is 1. The highest BCUT2D eigenvalue weighted by Crippen LogP contribution is 2.15. The summed E-state index contributed by atoms with van der Waals surface area (Å²) in [4.78, 5) is 24.7. The molecule has 2 N–H and O–H groups in total. The summed E-state index contributed by atoms with van der Waals surface area (Å²) in [6.07, 6.45) is 0. The van der Waals surface area contributed by atoms with Crippen LogP contribution in [0.5, 0.6) is 0 Å². The molecule has 0 aliphatic heterocycles. The number of hydrogen-bond donors (Lipinski definition) is 2. The molecule has 0 aliphatic rings. The summed E-state index contributed by atoms with van der Waals surface area (Å²) in [5, 5.41) is 2.56. The van der Waals surface area contributed by atoms with Gasteiger partial charge >= 0.3 is 0 Å². The number of hydrogen-bond acceptors (Lipinski definition) is 4. The zero-order valence-corrected chi connectivity index (χ0v) is 16.3. The lowest BCUT2D eigenvalue weighted by Gasteiger charge is -2.13. The van der Waals surface area contributed by atoms with Gasteiger partial charge in [-0.05, 0) is 43.7 Å². The first-order chi connectivity index (χ1) is 12.6. The maximum atomic E-state index is 13.1. The van der Waals surface area contributed by atoms with Crippen molar-refractivity contribution < 1.29 is 17.6 Å². The zero-order valence-electron chi connectivity index (χ0n) is 14.8. The number of aryl methyl sites for hydroxylation is 1. The molecule has 0 atom stereocenters. The maximum absolute atomic E-state index is 13.1. The Balaban J connectivity index is 2.12. The van der Waals surface area contributed by atoms with Gasteiger partial charge in [0.1, 0.15) is 18.0 Å². The Bertz CT molecular complexity index is 1020. The Morgan fingerprint density at radius 2 is 1.96 bits per heavy atom. The summed E-state index contributed by atoms with van der Waals surface area (Å²) in [7, 11) is -3.61. The lowest BCUT2D eigenvalue weighted by molar-refractivity contribution is -0.121. The van der Waals surface area contributed by atoms with Gasteiger partial charge < -0.3 is 9.88 Å². The molecular formula is C17H19ClFN3O4S. The number of halogens is 2. The number of pyridine rings is 1. The lowest BCUT2D eigenvalue weighted by Crippen LogP contribution is -2.34. The Morgan fingerprint density at radius 3 is 2.59 bits per heavy atom. The van der Waals surface area contributed by atoms with Crippen LogP contribution in [-0.2, 0) is 27.9 Å². The van der Waals surface area contributed by atoms with Crippen LogP contribution in [0.1, 0.15) is 18.2 Å². The zero-order chi connectivity index (χ0) is 20.2. The van der Waals surface area contributed by atoms with E-state index >= 15 is 0 Å². The van der Waals surface area contributed by atoms with Crippen molar-refractivity contribution in [2.24, 2.45) is 0 Å². The molecule has 7 nitrogen and oxygen atoms in total. The molecule has 0 saturated carbocycles. The molecule has 10 heteroatoms. The molecule has 27 heavy (non-hydrogen) atoms. The number of benzene rings is 1. The standard InChI is InChI=1S/C17H19ClFN3O4S/c1-3-27(25,26)21-15-7-4-11(2)22(17(15)24)10-16(23)20-9-12-5-6-14(19)13(18)8-12/h4-8,21H,3,9-10H2,1-2H3,(H,20,23). The van der Waals surface area contributed by atoms with Crippen LogP contribution >= 0.6 is 11.6 Å². The van der Waals surface area contributed by atoms with Crippen LogP contribution in [0.3, 0.4) is 0 Å². The van der Waals surface area contributed by atoms with Crippen molar-refractivity contribution in [3.63, 3.8) is 0 Å². The van der Waals surface area contributed by atoms with E-state index in [9.17, 15) is 22.4 Å². The molecule has 0 spiro atoms. The van der Waals surface area contributed by atoms with Crippen LogP contribution in [0.2, 0.25) is 5.02 Å². The molecule has 0 aliphatic carbocycles. The number of carbonyl (C=O) groups excluding carboxylic acids is 1. The summed E-state index contributed by atoms with van der Waals surface area (Å²) in [6.45, 7) is 2.90. The van der Waals surface area contributed by atoms with Crippen LogP contribution in [-0.4, -0.2) is 24.6 Å². The molecule has 1 aromatic heterocycles. The van der Waals surface area contributed by atoms with E-state index in [1.807, 2.05) is 0 Å². The molecule has 0 unspecified atom stereocenters. The molecule has 0 saturated heterocycles. The van der Waals surface area contributed by atoms with Crippen molar-refractivity contribution in [3.05, 3.63) is 62.8 Å². The third-order valence-electron chi connectivity index (χ3n) is 3.81. The van der Waals surface area contributed by atoms with Gasteiger partial charge in [0.15, 0.2) is 0 Å². The molecule has 0 fully saturated rings. The normalized spacial score (nSPS) is 11.3. The molecule has 146 valence electrons. The third-order valence-corrected chi connectivity index (χ3v) is 5.39. The highest BCUT2D eigenvalue weighted by molar-refractivity contribution is 7.92. The second kappa shape index (κ2) is 8.53. The fourth-order valence-electron chi connectivity index (χ4n) is 2.23. The van der Waals surface area contributed by atoms with E-state index in [1.54, 1.807) is 13.0 Å². The number of anilines is 1. The Hall–Kier alpha value is -2.39. The van der Waals surface area contributed by atoms with E-state index in [4.69, 9.17) is 11.6 Å². The van der Waals surface area contributed by atoms with Crippen LogP contribution in [0.15, 0.2) is 35.1 Å². The van der Waals surface area contributed by atoms with E-state index in [1.165, 1.54) is 35.8 Å². The number of aromatic nitrogens is 1. The predicted molar refractivity (Wildman–Crippen MR) is 102 cm³/mol. The first-order valence-corrected chi connectivity index (χ1v) is 10.1. The molecule has 2 rings (SSSR count). The average molecular weight is 416 g/mol. The summed E-state index contributed by atoms with van der Waals surface area (Å²) in [5.41, 5.74) is 0.357. The highest BCUT2D eigenvalue weighted by Gasteiger charge is 2.14. The van der Waals surface area contributed by atoms with E-state index in [0.717, 1.165) is 0 Å². The molecule has 1 amide bonds. The van der Waals surface area contributed by atoms with Gasteiger partial charge in [0.25, 0.3) is 5.56 Å².